The summed E-state index contributed by atoms with van der Waals surface area (Å²) < 4.78 is 11.3. The van der Waals surface area contributed by atoms with Crippen molar-refractivity contribution in [2.75, 3.05) is 14.2 Å². The van der Waals surface area contributed by atoms with Crippen LogP contribution in [0.4, 0.5) is 5.69 Å². The van der Waals surface area contributed by atoms with E-state index in [1.165, 1.54) is 11.1 Å². The zero-order chi connectivity index (χ0) is 19.0. The van der Waals surface area contributed by atoms with Gasteiger partial charge in [-0.25, -0.2) is 0 Å². The number of fused-ring (bicyclic) bond motifs is 3. The summed E-state index contributed by atoms with van der Waals surface area (Å²) in [6.45, 7) is 0. The average Bonchev–Trinajstić information content (AvgIpc) is 2.77. The molecule has 0 aliphatic heterocycles. The molecule has 0 fully saturated rings. The first-order chi connectivity index (χ1) is 13.2. The maximum atomic E-state index is 11.7. The second-order valence-corrected chi connectivity index (χ2v) is 7.24. The van der Waals surface area contributed by atoms with Crippen LogP contribution in [0.2, 0.25) is 0 Å². The molecule has 2 aromatic carbocycles. The van der Waals surface area contributed by atoms with Crippen molar-refractivity contribution in [3.63, 3.8) is 0 Å². The van der Waals surface area contributed by atoms with E-state index in [1.807, 2.05) is 18.2 Å². The molecule has 0 saturated carbocycles. The van der Waals surface area contributed by atoms with Gasteiger partial charge in [0.25, 0.3) is 0 Å². The maximum absolute atomic E-state index is 11.7. The second-order valence-electron chi connectivity index (χ2n) is 7.24. The van der Waals surface area contributed by atoms with Crippen molar-refractivity contribution in [1.82, 2.24) is 0 Å². The van der Waals surface area contributed by atoms with Gasteiger partial charge in [0.15, 0.2) is 11.5 Å². The number of nitrogens with zero attached hydrogens (tertiary/aromatic N) is 2. The molecular formula is C22H22N2O3. The highest BCUT2D eigenvalue weighted by molar-refractivity contribution is 5.88. The SMILES string of the molecule is COc1c2cc(c(C#N)c1OC)CCCC1CCCc3ccc(N=O)c-2c31. The molecule has 2 aliphatic carbocycles. The molecule has 5 nitrogen and oxygen atoms in total. The van der Waals surface area contributed by atoms with Crippen LogP contribution in [0.5, 0.6) is 11.5 Å². The Balaban J connectivity index is 2.14. The Kier molecular flexibility index (Phi) is 4.57. The summed E-state index contributed by atoms with van der Waals surface area (Å²) in [5.74, 6) is 1.35. The van der Waals surface area contributed by atoms with E-state index in [1.54, 1.807) is 14.2 Å². The molecule has 2 bridgehead atoms. The van der Waals surface area contributed by atoms with Gasteiger partial charge in [-0.2, -0.15) is 5.26 Å². The Morgan fingerprint density at radius 2 is 1.78 bits per heavy atom. The summed E-state index contributed by atoms with van der Waals surface area (Å²) in [6, 6.07) is 8.14. The quantitative estimate of drug-likeness (QED) is 0.686. The maximum Gasteiger partial charge on any atom is 0.179 e. The first-order valence-corrected chi connectivity index (χ1v) is 9.40. The third kappa shape index (κ3) is 2.68. The van der Waals surface area contributed by atoms with Gasteiger partial charge in [-0.3, -0.25) is 0 Å². The van der Waals surface area contributed by atoms with E-state index in [9.17, 15) is 10.2 Å². The van der Waals surface area contributed by atoms with Crippen molar-refractivity contribution in [3.05, 3.63) is 45.4 Å². The summed E-state index contributed by atoms with van der Waals surface area (Å²) in [4.78, 5) is 11.7. The van der Waals surface area contributed by atoms with Crippen molar-refractivity contribution in [3.8, 4) is 28.7 Å². The lowest BCUT2D eigenvalue weighted by atomic mass is 9.76. The number of benzene rings is 2. The van der Waals surface area contributed by atoms with Gasteiger partial charge in [0.2, 0.25) is 0 Å². The van der Waals surface area contributed by atoms with Gasteiger partial charge in [-0.1, -0.05) is 6.07 Å². The number of rotatable bonds is 3. The highest BCUT2D eigenvalue weighted by atomic mass is 16.5. The highest BCUT2D eigenvalue weighted by Gasteiger charge is 2.31. The largest absolute Gasteiger partial charge is 0.492 e. The summed E-state index contributed by atoms with van der Waals surface area (Å²) in [5.41, 5.74) is 6.08. The number of ether oxygens (including phenoxy) is 2. The van der Waals surface area contributed by atoms with Gasteiger partial charge in [-0.15, -0.1) is 4.91 Å². The number of nitriles is 1. The molecule has 0 spiro atoms. The minimum atomic E-state index is 0.404. The minimum absolute atomic E-state index is 0.404. The van der Waals surface area contributed by atoms with Gasteiger partial charge in [0, 0.05) is 11.1 Å². The fourth-order valence-corrected chi connectivity index (χ4v) is 4.80. The lowest BCUT2D eigenvalue weighted by Gasteiger charge is -2.29. The minimum Gasteiger partial charge on any atom is -0.492 e. The van der Waals surface area contributed by atoms with Crippen molar-refractivity contribution in [2.24, 2.45) is 5.18 Å². The summed E-state index contributed by atoms with van der Waals surface area (Å²) >= 11 is 0. The number of nitroso groups, excluding NO2 is 1. The predicted molar refractivity (Wildman–Crippen MR) is 104 cm³/mol. The second kappa shape index (κ2) is 7.03. The Morgan fingerprint density at radius 1 is 1.07 bits per heavy atom. The van der Waals surface area contributed by atoms with Crippen LogP contribution in [0, 0.1) is 16.2 Å². The van der Waals surface area contributed by atoms with Gasteiger partial charge >= 0.3 is 0 Å². The first kappa shape index (κ1) is 17.5. The van der Waals surface area contributed by atoms with Crippen molar-refractivity contribution in [2.45, 2.75) is 44.4 Å². The number of hydrogen-bond acceptors (Lipinski definition) is 5. The van der Waals surface area contributed by atoms with Crippen LogP contribution in [-0.2, 0) is 12.8 Å². The molecule has 27 heavy (non-hydrogen) atoms. The third-order valence-corrected chi connectivity index (χ3v) is 5.92. The van der Waals surface area contributed by atoms with Gasteiger partial charge in [0.05, 0.1) is 14.2 Å². The topological polar surface area (TPSA) is 71.7 Å². The van der Waals surface area contributed by atoms with Crippen molar-refractivity contribution >= 4 is 5.69 Å². The van der Waals surface area contributed by atoms with Gasteiger partial charge < -0.3 is 9.47 Å². The van der Waals surface area contributed by atoms with E-state index < -0.39 is 0 Å². The molecule has 5 heteroatoms. The van der Waals surface area contributed by atoms with Crippen LogP contribution in [0.25, 0.3) is 11.1 Å². The van der Waals surface area contributed by atoms with Crippen LogP contribution in [0.15, 0.2) is 23.4 Å². The number of hydrogen-bond donors (Lipinski definition) is 0. The Morgan fingerprint density at radius 3 is 2.41 bits per heavy atom. The predicted octanol–water partition coefficient (Wildman–Crippen LogP) is 5.40. The zero-order valence-corrected chi connectivity index (χ0v) is 15.7. The first-order valence-electron chi connectivity index (χ1n) is 9.40. The fourth-order valence-electron chi connectivity index (χ4n) is 4.80. The van der Waals surface area contributed by atoms with Crippen LogP contribution < -0.4 is 9.47 Å². The third-order valence-electron chi connectivity index (χ3n) is 5.92. The number of aryl methyl sites for hydroxylation is 2. The Hall–Kier alpha value is -2.87. The van der Waals surface area contributed by atoms with E-state index in [-0.39, 0.29) is 0 Å². The molecule has 2 aliphatic rings. The molecule has 0 N–H and O–H groups in total. The highest BCUT2D eigenvalue weighted by Crippen LogP contribution is 2.52. The lowest BCUT2D eigenvalue weighted by Crippen LogP contribution is -2.11. The molecule has 1 atom stereocenters. The van der Waals surface area contributed by atoms with Crippen molar-refractivity contribution in [1.29, 1.82) is 5.26 Å². The molecular weight excluding hydrogens is 340 g/mol. The molecule has 0 amide bonds. The van der Waals surface area contributed by atoms with E-state index >= 15 is 0 Å². The van der Waals surface area contributed by atoms with E-state index in [2.05, 4.69) is 11.2 Å². The molecule has 1 unspecified atom stereocenters. The number of methoxy groups -OCH3 is 2. The summed E-state index contributed by atoms with van der Waals surface area (Å²) in [5, 5.41) is 13.1. The standard InChI is InChI=1S/C22H22N2O3/c1-26-21-16-11-15(17(12-23)22(21)27-2)8-4-6-13-5-3-7-14-9-10-18(24-25)20(16)19(13)14/h9-11,13H,3-8H2,1-2H3. The van der Waals surface area contributed by atoms with Crippen LogP contribution >= 0.6 is 0 Å². The van der Waals surface area contributed by atoms with E-state index in [0.29, 0.717) is 28.7 Å². The van der Waals surface area contributed by atoms with E-state index in [4.69, 9.17) is 9.47 Å². The van der Waals surface area contributed by atoms with Gasteiger partial charge in [0.1, 0.15) is 17.3 Å². The smallest absolute Gasteiger partial charge is 0.179 e. The van der Waals surface area contributed by atoms with Crippen LogP contribution in [0.3, 0.4) is 0 Å². The molecule has 0 radical (unpaired) electrons. The Labute approximate surface area is 158 Å². The Bertz CT molecular complexity index is 959. The monoisotopic (exact) mass is 362 g/mol. The normalized spacial score (nSPS) is 17.6. The molecule has 0 saturated heterocycles. The lowest BCUT2D eigenvalue weighted by molar-refractivity contribution is 0.355. The zero-order valence-electron chi connectivity index (χ0n) is 15.7. The average molecular weight is 362 g/mol. The molecule has 138 valence electrons. The van der Waals surface area contributed by atoms with Crippen LogP contribution in [-0.4, -0.2) is 14.2 Å². The summed E-state index contributed by atoms with van der Waals surface area (Å²) in [7, 11) is 3.12. The van der Waals surface area contributed by atoms with E-state index in [0.717, 1.165) is 55.2 Å². The van der Waals surface area contributed by atoms with Crippen molar-refractivity contribution < 1.29 is 9.47 Å². The summed E-state index contributed by atoms with van der Waals surface area (Å²) in [6.07, 6.45) is 6.12. The fraction of sp³-hybridized carbons (Fsp3) is 0.409. The molecule has 0 aromatic heterocycles. The molecule has 2 aromatic rings. The molecule has 4 rings (SSSR count). The van der Waals surface area contributed by atoms with Crippen LogP contribution in [0.1, 0.15) is 53.9 Å². The van der Waals surface area contributed by atoms with Gasteiger partial charge in [-0.05, 0) is 78.4 Å². The molecule has 0 heterocycles.